The second-order valence-corrected chi connectivity index (χ2v) is 6.84. The van der Waals surface area contributed by atoms with Gasteiger partial charge in [0.05, 0.1) is 11.8 Å². The average Bonchev–Trinajstić information content (AvgIpc) is 3.09. The summed E-state index contributed by atoms with van der Waals surface area (Å²) in [4.78, 5) is 24.4. The van der Waals surface area contributed by atoms with Crippen molar-refractivity contribution in [2.45, 2.75) is 33.2 Å². The first-order valence-corrected chi connectivity index (χ1v) is 8.22. The van der Waals surface area contributed by atoms with E-state index in [1.54, 1.807) is 0 Å². The second kappa shape index (κ2) is 6.19. The van der Waals surface area contributed by atoms with Gasteiger partial charge in [0.25, 0.3) is 0 Å². The standard InChI is InChI=1S/C19H23NO3/c1-11(2)15-13-8-9-14(15)17(19(22)23)16(13)18(21)20-10-12-6-4-3-5-7-12/h3-7,13-14,16-17H,8-10H2,1-2H3,(H,20,21)(H,22,23)/t13-,14+,16-,17-/m1/s1. The fraction of sp³-hybridized carbons (Fsp3) is 0.474. The van der Waals surface area contributed by atoms with Gasteiger partial charge in [0, 0.05) is 6.54 Å². The molecule has 0 spiro atoms. The Bertz CT molecular complexity index is 646. The molecule has 2 N–H and O–H groups in total. The van der Waals surface area contributed by atoms with Crippen LogP contribution in [0.1, 0.15) is 32.3 Å². The summed E-state index contributed by atoms with van der Waals surface area (Å²) in [6.45, 7) is 4.51. The summed E-state index contributed by atoms with van der Waals surface area (Å²) in [5.74, 6) is -1.82. The highest BCUT2D eigenvalue weighted by atomic mass is 16.4. The molecule has 3 rings (SSSR count). The summed E-state index contributed by atoms with van der Waals surface area (Å²) in [7, 11) is 0. The summed E-state index contributed by atoms with van der Waals surface area (Å²) in [5, 5.41) is 12.6. The van der Waals surface area contributed by atoms with E-state index in [1.807, 2.05) is 44.2 Å². The largest absolute Gasteiger partial charge is 0.481 e. The Hall–Kier alpha value is -2.10. The molecule has 1 aromatic rings. The van der Waals surface area contributed by atoms with Gasteiger partial charge in [0.1, 0.15) is 0 Å². The number of carboxylic acid groups (broad SMARTS) is 1. The topological polar surface area (TPSA) is 66.4 Å². The molecular formula is C19H23NO3. The third kappa shape index (κ3) is 2.78. The zero-order valence-corrected chi connectivity index (χ0v) is 13.6. The van der Waals surface area contributed by atoms with Crippen LogP contribution >= 0.6 is 0 Å². The minimum Gasteiger partial charge on any atom is -0.481 e. The Morgan fingerprint density at radius 3 is 2.26 bits per heavy atom. The Kier molecular flexibility index (Phi) is 4.24. The molecule has 122 valence electrons. The minimum absolute atomic E-state index is 0.0370. The van der Waals surface area contributed by atoms with Crippen molar-refractivity contribution in [3.8, 4) is 0 Å². The highest BCUT2D eigenvalue weighted by Crippen LogP contribution is 2.57. The van der Waals surface area contributed by atoms with E-state index in [-0.39, 0.29) is 17.7 Å². The molecule has 0 radical (unpaired) electrons. The van der Waals surface area contributed by atoms with E-state index in [0.717, 1.165) is 18.4 Å². The number of amides is 1. The maximum Gasteiger partial charge on any atom is 0.307 e. The number of aliphatic carboxylic acids is 1. The molecule has 2 aliphatic rings. The van der Waals surface area contributed by atoms with E-state index in [2.05, 4.69) is 5.32 Å². The Balaban J connectivity index is 1.79. The van der Waals surface area contributed by atoms with Gasteiger partial charge < -0.3 is 10.4 Å². The second-order valence-electron chi connectivity index (χ2n) is 6.84. The zero-order chi connectivity index (χ0) is 16.6. The van der Waals surface area contributed by atoms with Gasteiger partial charge in [0.2, 0.25) is 5.91 Å². The molecule has 1 amide bonds. The maximum absolute atomic E-state index is 12.7. The molecule has 0 saturated heterocycles. The number of carboxylic acids is 1. The summed E-state index contributed by atoms with van der Waals surface area (Å²) < 4.78 is 0. The van der Waals surface area contributed by atoms with Crippen LogP contribution in [0.15, 0.2) is 41.5 Å². The van der Waals surface area contributed by atoms with Crippen LogP contribution in [-0.4, -0.2) is 17.0 Å². The average molecular weight is 313 g/mol. The molecule has 23 heavy (non-hydrogen) atoms. The molecular weight excluding hydrogens is 290 g/mol. The number of benzene rings is 1. The number of carbonyl (C=O) groups is 2. The van der Waals surface area contributed by atoms with Crippen molar-refractivity contribution in [1.29, 1.82) is 0 Å². The van der Waals surface area contributed by atoms with E-state index in [4.69, 9.17) is 0 Å². The highest BCUT2D eigenvalue weighted by molar-refractivity contribution is 5.87. The van der Waals surface area contributed by atoms with Crippen LogP contribution in [0.3, 0.4) is 0 Å². The molecule has 0 aromatic heterocycles. The number of rotatable bonds is 4. The number of nitrogens with one attached hydrogen (secondary N) is 1. The van der Waals surface area contributed by atoms with Crippen molar-refractivity contribution >= 4 is 11.9 Å². The normalized spacial score (nSPS) is 28.7. The highest BCUT2D eigenvalue weighted by Gasteiger charge is 2.57. The molecule has 1 aromatic carbocycles. The van der Waals surface area contributed by atoms with Crippen LogP contribution in [0.25, 0.3) is 0 Å². The first kappa shape index (κ1) is 15.8. The molecule has 4 nitrogen and oxygen atoms in total. The predicted molar refractivity (Wildman–Crippen MR) is 87.5 cm³/mol. The quantitative estimate of drug-likeness (QED) is 0.840. The van der Waals surface area contributed by atoms with E-state index < -0.39 is 17.8 Å². The van der Waals surface area contributed by atoms with E-state index >= 15 is 0 Å². The van der Waals surface area contributed by atoms with Gasteiger partial charge in [-0.1, -0.05) is 41.5 Å². The Morgan fingerprint density at radius 2 is 1.70 bits per heavy atom. The third-order valence-electron chi connectivity index (χ3n) is 5.32. The number of carbonyl (C=O) groups excluding carboxylic acids is 1. The van der Waals surface area contributed by atoms with Crippen LogP contribution < -0.4 is 5.32 Å². The van der Waals surface area contributed by atoms with E-state index in [1.165, 1.54) is 11.1 Å². The molecule has 2 aliphatic carbocycles. The fourth-order valence-corrected chi connectivity index (χ4v) is 4.51. The minimum atomic E-state index is -0.837. The maximum atomic E-state index is 12.7. The third-order valence-corrected chi connectivity index (χ3v) is 5.32. The van der Waals surface area contributed by atoms with E-state index in [0.29, 0.717) is 6.54 Å². The summed E-state index contributed by atoms with van der Waals surface area (Å²) in [5.41, 5.74) is 3.43. The van der Waals surface area contributed by atoms with Crippen molar-refractivity contribution in [3.63, 3.8) is 0 Å². The van der Waals surface area contributed by atoms with Crippen molar-refractivity contribution < 1.29 is 14.7 Å². The smallest absolute Gasteiger partial charge is 0.307 e. The number of hydrogen-bond donors (Lipinski definition) is 2. The van der Waals surface area contributed by atoms with Crippen molar-refractivity contribution in [1.82, 2.24) is 5.32 Å². The molecule has 2 bridgehead atoms. The van der Waals surface area contributed by atoms with Crippen molar-refractivity contribution in [2.75, 3.05) is 0 Å². The molecule has 0 heterocycles. The van der Waals surface area contributed by atoms with Gasteiger partial charge >= 0.3 is 5.97 Å². The van der Waals surface area contributed by atoms with Crippen LogP contribution in [0.5, 0.6) is 0 Å². The van der Waals surface area contributed by atoms with Crippen molar-refractivity contribution in [2.24, 2.45) is 23.7 Å². The van der Waals surface area contributed by atoms with E-state index in [9.17, 15) is 14.7 Å². The van der Waals surface area contributed by atoms with Gasteiger partial charge in [-0.25, -0.2) is 0 Å². The van der Waals surface area contributed by atoms with Crippen LogP contribution in [-0.2, 0) is 16.1 Å². The number of hydrogen-bond acceptors (Lipinski definition) is 2. The first-order valence-electron chi connectivity index (χ1n) is 8.22. The van der Waals surface area contributed by atoms with Crippen molar-refractivity contribution in [3.05, 3.63) is 47.0 Å². The fourth-order valence-electron chi connectivity index (χ4n) is 4.51. The van der Waals surface area contributed by atoms with Gasteiger partial charge in [0.15, 0.2) is 0 Å². The lowest BCUT2D eigenvalue weighted by molar-refractivity contribution is -0.149. The molecule has 4 heteroatoms. The molecule has 0 unspecified atom stereocenters. The SMILES string of the molecule is CC(C)=C1[C@H]2CC[C@@H]1[C@@H](C(=O)O)[C@@H]2C(=O)NCc1ccccc1. The van der Waals surface area contributed by atoms with Gasteiger partial charge in [-0.2, -0.15) is 0 Å². The number of allylic oxidation sites excluding steroid dienone is 2. The molecule has 4 atom stereocenters. The molecule has 0 aliphatic heterocycles. The summed E-state index contributed by atoms with van der Waals surface area (Å²) in [6.07, 6.45) is 1.82. The van der Waals surface area contributed by atoms with Gasteiger partial charge in [-0.15, -0.1) is 0 Å². The summed E-state index contributed by atoms with van der Waals surface area (Å²) in [6, 6.07) is 9.71. The molecule has 2 saturated carbocycles. The lowest BCUT2D eigenvalue weighted by atomic mass is 9.78. The Labute approximate surface area is 136 Å². The molecule has 2 fully saturated rings. The zero-order valence-electron chi connectivity index (χ0n) is 13.6. The summed E-state index contributed by atoms with van der Waals surface area (Å²) >= 11 is 0. The predicted octanol–water partition coefficient (Wildman–Crippen LogP) is 3.00. The number of fused-ring (bicyclic) bond motifs is 2. The van der Waals surface area contributed by atoms with Gasteiger partial charge in [-0.3, -0.25) is 9.59 Å². The van der Waals surface area contributed by atoms with Gasteiger partial charge in [-0.05, 0) is 44.1 Å². The lowest BCUT2D eigenvalue weighted by Gasteiger charge is -2.26. The first-order chi connectivity index (χ1) is 11.0. The van der Waals surface area contributed by atoms with Crippen LogP contribution in [0.2, 0.25) is 0 Å². The monoisotopic (exact) mass is 313 g/mol. The lowest BCUT2D eigenvalue weighted by Crippen LogP contribution is -2.41. The van der Waals surface area contributed by atoms with Crippen LogP contribution in [0.4, 0.5) is 0 Å². The van der Waals surface area contributed by atoms with Crippen LogP contribution in [0, 0.1) is 23.7 Å². The Morgan fingerprint density at radius 1 is 1.09 bits per heavy atom.